The number of likely N-dealkylation sites (N-methyl/N-ethyl adjacent to an activating group) is 1. The zero-order valence-electron chi connectivity index (χ0n) is 17.9. The minimum absolute atomic E-state index is 0.0676. The summed E-state index contributed by atoms with van der Waals surface area (Å²) in [5.74, 6) is 0.841. The van der Waals surface area contributed by atoms with Gasteiger partial charge in [0.25, 0.3) is 5.91 Å². The van der Waals surface area contributed by atoms with Crippen LogP contribution < -0.4 is 19.7 Å². The van der Waals surface area contributed by atoms with E-state index >= 15 is 0 Å². The summed E-state index contributed by atoms with van der Waals surface area (Å²) in [6.45, 7) is 7.83. The number of para-hydroxylation sites is 1. The Morgan fingerprint density at radius 3 is 2.77 bits per heavy atom. The molecule has 0 radical (unpaired) electrons. The molecule has 1 heterocycles. The number of nitrogens with zero attached hydrogens (tertiary/aromatic N) is 2. The van der Waals surface area contributed by atoms with Crippen LogP contribution in [0.15, 0.2) is 46.9 Å². The molecule has 1 aliphatic heterocycles. The maximum Gasteiger partial charge on any atom is 0.265 e. The summed E-state index contributed by atoms with van der Waals surface area (Å²) in [6, 6.07) is 13.0. The van der Waals surface area contributed by atoms with Crippen LogP contribution in [-0.4, -0.2) is 56.1 Å². The highest BCUT2D eigenvalue weighted by Gasteiger charge is 2.27. The van der Waals surface area contributed by atoms with Crippen molar-refractivity contribution in [3.63, 3.8) is 0 Å². The van der Waals surface area contributed by atoms with Gasteiger partial charge in [-0.1, -0.05) is 48.0 Å². The number of ether oxygens (including phenoxy) is 2. The van der Waals surface area contributed by atoms with E-state index in [9.17, 15) is 9.59 Å². The van der Waals surface area contributed by atoms with Gasteiger partial charge in [-0.25, -0.2) is 0 Å². The Morgan fingerprint density at radius 2 is 2.00 bits per heavy atom. The summed E-state index contributed by atoms with van der Waals surface area (Å²) >= 11 is 3.39. The second kappa shape index (κ2) is 11.2. The molecule has 1 N–H and O–H groups in total. The molecule has 0 spiro atoms. The third kappa shape index (κ3) is 6.21. The Balaban J connectivity index is 1.57. The largest absolute Gasteiger partial charge is 0.492 e. The van der Waals surface area contributed by atoms with Gasteiger partial charge in [0.15, 0.2) is 6.61 Å². The number of carbonyl (C=O) groups excluding carboxylic acids is 2. The summed E-state index contributed by atoms with van der Waals surface area (Å²) in [5, 5.41) is 2.90. The maximum atomic E-state index is 12.6. The van der Waals surface area contributed by atoms with Gasteiger partial charge in [0, 0.05) is 23.1 Å². The lowest BCUT2D eigenvalue weighted by Crippen LogP contribution is -2.45. The zero-order valence-corrected chi connectivity index (χ0v) is 19.5. The monoisotopic (exact) mass is 489 g/mol. The topological polar surface area (TPSA) is 71.1 Å². The third-order valence-electron chi connectivity index (χ3n) is 5.17. The summed E-state index contributed by atoms with van der Waals surface area (Å²) in [5.41, 5.74) is 1.49. The molecule has 0 aliphatic carbocycles. The number of rotatable bonds is 10. The quantitative estimate of drug-likeness (QED) is 0.554. The van der Waals surface area contributed by atoms with Crippen molar-refractivity contribution in [2.24, 2.45) is 0 Å². The van der Waals surface area contributed by atoms with Crippen LogP contribution in [0.1, 0.15) is 19.4 Å². The first-order valence-electron chi connectivity index (χ1n) is 10.4. The van der Waals surface area contributed by atoms with Gasteiger partial charge in [-0.05, 0) is 37.4 Å². The van der Waals surface area contributed by atoms with Gasteiger partial charge < -0.3 is 19.7 Å². The van der Waals surface area contributed by atoms with E-state index in [1.165, 1.54) is 4.90 Å². The first-order chi connectivity index (χ1) is 15.0. The maximum absolute atomic E-state index is 12.6. The number of nitrogens with one attached hydrogen (secondary N) is 1. The highest BCUT2D eigenvalue weighted by atomic mass is 79.9. The van der Waals surface area contributed by atoms with E-state index in [1.807, 2.05) is 30.3 Å². The highest BCUT2D eigenvalue weighted by Crippen LogP contribution is 2.34. The molecule has 2 aromatic carbocycles. The molecule has 0 bridgehead atoms. The summed E-state index contributed by atoms with van der Waals surface area (Å²) in [7, 11) is 0. The number of hydrogen-bond donors (Lipinski definition) is 1. The Labute approximate surface area is 191 Å². The molecule has 2 aromatic rings. The fourth-order valence-corrected chi connectivity index (χ4v) is 3.70. The van der Waals surface area contributed by atoms with Crippen LogP contribution in [0, 0.1) is 0 Å². The molecule has 0 aromatic heterocycles. The molecule has 8 heteroatoms. The molecular formula is C23H28BrN3O4. The predicted octanol–water partition coefficient (Wildman–Crippen LogP) is 3.21. The Bertz CT molecular complexity index is 917. The zero-order chi connectivity index (χ0) is 22.2. The molecule has 166 valence electrons. The van der Waals surface area contributed by atoms with Crippen molar-refractivity contribution in [2.75, 3.05) is 44.3 Å². The Morgan fingerprint density at radius 1 is 1.23 bits per heavy atom. The molecule has 2 amide bonds. The van der Waals surface area contributed by atoms with E-state index in [1.54, 1.807) is 12.1 Å². The van der Waals surface area contributed by atoms with Crippen molar-refractivity contribution >= 4 is 33.4 Å². The van der Waals surface area contributed by atoms with Crippen molar-refractivity contribution in [1.29, 1.82) is 0 Å². The van der Waals surface area contributed by atoms with Gasteiger partial charge in [0.2, 0.25) is 5.91 Å². The number of fused-ring (bicyclic) bond motifs is 1. The fourth-order valence-electron chi connectivity index (χ4n) is 3.36. The second-order valence-electron chi connectivity index (χ2n) is 7.14. The third-order valence-corrected chi connectivity index (χ3v) is 5.67. The summed E-state index contributed by atoms with van der Waals surface area (Å²) < 4.78 is 12.3. The molecule has 0 atom stereocenters. The van der Waals surface area contributed by atoms with E-state index in [0.29, 0.717) is 24.6 Å². The van der Waals surface area contributed by atoms with Crippen LogP contribution in [0.5, 0.6) is 11.5 Å². The number of carbonyl (C=O) groups is 2. The average molecular weight is 490 g/mol. The average Bonchev–Trinajstić information content (AvgIpc) is 2.78. The van der Waals surface area contributed by atoms with Crippen LogP contribution in [0.25, 0.3) is 0 Å². The van der Waals surface area contributed by atoms with Crippen LogP contribution in [-0.2, 0) is 16.1 Å². The van der Waals surface area contributed by atoms with Crippen LogP contribution in [0.2, 0.25) is 0 Å². The smallest absolute Gasteiger partial charge is 0.265 e. The fraction of sp³-hybridized carbons (Fsp3) is 0.391. The lowest BCUT2D eigenvalue weighted by molar-refractivity contribution is -0.125. The van der Waals surface area contributed by atoms with Crippen molar-refractivity contribution in [2.45, 2.75) is 20.4 Å². The van der Waals surface area contributed by atoms with Gasteiger partial charge in [0.1, 0.15) is 24.7 Å². The van der Waals surface area contributed by atoms with Gasteiger partial charge in [0.05, 0.1) is 5.69 Å². The van der Waals surface area contributed by atoms with Crippen LogP contribution in [0.4, 0.5) is 5.69 Å². The number of benzene rings is 2. The van der Waals surface area contributed by atoms with Gasteiger partial charge in [-0.15, -0.1) is 0 Å². The first-order valence-corrected chi connectivity index (χ1v) is 11.2. The molecule has 0 saturated carbocycles. The van der Waals surface area contributed by atoms with E-state index in [2.05, 4.69) is 40.0 Å². The lowest BCUT2D eigenvalue weighted by Gasteiger charge is -2.29. The summed E-state index contributed by atoms with van der Waals surface area (Å²) in [6.07, 6.45) is 0. The number of amides is 2. The molecule has 0 fully saturated rings. The lowest BCUT2D eigenvalue weighted by atomic mass is 10.2. The van der Waals surface area contributed by atoms with Gasteiger partial charge in [-0.3, -0.25) is 14.5 Å². The molecule has 3 rings (SSSR count). The molecule has 31 heavy (non-hydrogen) atoms. The van der Waals surface area contributed by atoms with Crippen molar-refractivity contribution in [3.05, 3.63) is 52.5 Å². The number of hydrogen-bond acceptors (Lipinski definition) is 5. The van der Waals surface area contributed by atoms with Gasteiger partial charge in [-0.2, -0.15) is 0 Å². The number of anilines is 1. The van der Waals surface area contributed by atoms with Crippen LogP contribution >= 0.6 is 15.9 Å². The van der Waals surface area contributed by atoms with E-state index in [-0.39, 0.29) is 25.0 Å². The van der Waals surface area contributed by atoms with E-state index < -0.39 is 0 Å². The minimum atomic E-state index is -0.248. The Hall–Kier alpha value is -2.58. The molecule has 7 nitrogen and oxygen atoms in total. The standard InChI is InChI=1S/C23H28BrN3O4/c1-3-26(4-2)11-12-30-20-8-6-5-7-17(20)14-25-22(28)15-27-19-10-9-18(24)13-21(19)31-16-23(27)29/h5-10,13H,3-4,11-12,14-16H2,1-2H3,(H,25,28). The minimum Gasteiger partial charge on any atom is -0.492 e. The SMILES string of the molecule is CCN(CC)CCOc1ccccc1CNC(=O)CN1C(=O)COc2cc(Br)ccc21. The van der Waals surface area contributed by atoms with Gasteiger partial charge >= 0.3 is 0 Å². The van der Waals surface area contributed by atoms with E-state index in [0.717, 1.165) is 35.4 Å². The van der Waals surface area contributed by atoms with Crippen LogP contribution in [0.3, 0.4) is 0 Å². The molecular weight excluding hydrogens is 462 g/mol. The molecule has 0 unspecified atom stereocenters. The molecule has 1 aliphatic rings. The Kier molecular flexibility index (Phi) is 8.31. The van der Waals surface area contributed by atoms with Crippen molar-refractivity contribution in [1.82, 2.24) is 10.2 Å². The second-order valence-corrected chi connectivity index (χ2v) is 8.06. The summed E-state index contributed by atoms with van der Waals surface area (Å²) in [4.78, 5) is 28.7. The predicted molar refractivity (Wildman–Crippen MR) is 124 cm³/mol. The number of halogens is 1. The van der Waals surface area contributed by atoms with Crippen molar-refractivity contribution in [3.8, 4) is 11.5 Å². The highest BCUT2D eigenvalue weighted by molar-refractivity contribution is 9.10. The first kappa shape index (κ1) is 23.1. The van der Waals surface area contributed by atoms with E-state index in [4.69, 9.17) is 9.47 Å². The normalized spacial score (nSPS) is 13.0. The van der Waals surface area contributed by atoms with Crippen molar-refractivity contribution < 1.29 is 19.1 Å². The molecule has 0 saturated heterocycles.